The van der Waals surface area contributed by atoms with Crippen molar-refractivity contribution in [1.82, 2.24) is 19.9 Å². The number of nitrogens with one attached hydrogen (secondary N) is 2. The van der Waals surface area contributed by atoms with Gasteiger partial charge in [-0.15, -0.1) is 11.3 Å². The van der Waals surface area contributed by atoms with E-state index in [9.17, 15) is 22.8 Å². The van der Waals surface area contributed by atoms with Gasteiger partial charge in [-0.25, -0.2) is 13.4 Å². The molecule has 0 spiro atoms. The predicted molar refractivity (Wildman–Crippen MR) is 142 cm³/mol. The molecule has 0 aliphatic carbocycles. The summed E-state index contributed by atoms with van der Waals surface area (Å²) in [5.41, 5.74) is 10.7. The summed E-state index contributed by atoms with van der Waals surface area (Å²) in [6.45, 7) is 0.258. The van der Waals surface area contributed by atoms with Gasteiger partial charge < -0.3 is 21.7 Å². The first-order chi connectivity index (χ1) is 17.6. The number of Topliss-reactive ketones (excluding diaryl/α,β-unsaturated/α-hetero) is 1. The molecule has 1 saturated heterocycles. The van der Waals surface area contributed by atoms with Crippen LogP contribution < -0.4 is 21.5 Å². The van der Waals surface area contributed by atoms with Crippen LogP contribution in [0.3, 0.4) is 0 Å². The molecule has 1 fully saturated rings. The molecule has 1 aromatic heterocycles. The number of hydrogen-bond acceptors (Lipinski definition) is 8. The summed E-state index contributed by atoms with van der Waals surface area (Å²) in [5, 5.41) is 4.60. The number of amides is 2. The number of nitrogens with zero attached hydrogens (tertiary/aromatic N) is 3. The molecule has 1 aromatic carbocycles. The number of hydrogen-bond donors (Lipinski definition) is 4. The zero-order valence-corrected chi connectivity index (χ0v) is 23.0. The van der Waals surface area contributed by atoms with Gasteiger partial charge in [0.2, 0.25) is 27.6 Å². The van der Waals surface area contributed by atoms with Crippen LogP contribution in [0, 0.1) is 0 Å². The molecule has 0 unspecified atom stereocenters. The van der Waals surface area contributed by atoms with Gasteiger partial charge >= 0.3 is 0 Å². The van der Waals surface area contributed by atoms with Crippen molar-refractivity contribution >= 4 is 60.8 Å². The number of ketones is 1. The SMILES string of the molecule is NC(N)=NCCC[C@H](NC(=O)CN1CCC[C@H](NS(=O)(=O)c2ccc(Br)cc2)C1=O)C(=O)c1nccs1. The number of nitrogens with two attached hydrogens (primary N) is 2. The van der Waals surface area contributed by atoms with Crippen molar-refractivity contribution in [2.75, 3.05) is 19.6 Å². The highest BCUT2D eigenvalue weighted by atomic mass is 79.9. The molecule has 0 radical (unpaired) electrons. The van der Waals surface area contributed by atoms with E-state index in [0.29, 0.717) is 25.8 Å². The molecule has 1 aliphatic rings. The number of piperidine rings is 1. The van der Waals surface area contributed by atoms with E-state index in [1.807, 2.05) is 0 Å². The normalized spacial score (nSPS) is 16.7. The summed E-state index contributed by atoms with van der Waals surface area (Å²) in [5.74, 6) is -1.46. The van der Waals surface area contributed by atoms with Gasteiger partial charge in [-0.2, -0.15) is 4.72 Å². The first kappa shape index (κ1) is 28.7. The highest BCUT2D eigenvalue weighted by Gasteiger charge is 2.34. The van der Waals surface area contributed by atoms with Crippen molar-refractivity contribution in [3.8, 4) is 0 Å². The number of aromatic nitrogens is 1. The predicted octanol–water partition coefficient (Wildman–Crippen LogP) is 0.596. The fraction of sp³-hybridized carbons (Fsp3) is 0.409. The molecule has 3 rings (SSSR count). The number of benzene rings is 1. The van der Waals surface area contributed by atoms with E-state index in [1.54, 1.807) is 17.5 Å². The largest absolute Gasteiger partial charge is 0.370 e. The van der Waals surface area contributed by atoms with Crippen LogP contribution in [0.2, 0.25) is 0 Å². The molecule has 12 nitrogen and oxygen atoms in total. The first-order valence-electron chi connectivity index (χ1n) is 11.4. The van der Waals surface area contributed by atoms with E-state index in [-0.39, 0.29) is 41.2 Å². The van der Waals surface area contributed by atoms with Crippen LogP contribution in [0.4, 0.5) is 0 Å². The molecule has 0 bridgehead atoms. The van der Waals surface area contributed by atoms with Gasteiger partial charge in [0.1, 0.15) is 6.04 Å². The molecule has 2 heterocycles. The molecule has 2 aromatic rings. The van der Waals surface area contributed by atoms with Gasteiger partial charge in [-0.3, -0.25) is 19.4 Å². The molecule has 37 heavy (non-hydrogen) atoms. The quantitative estimate of drug-likeness (QED) is 0.116. The van der Waals surface area contributed by atoms with E-state index < -0.39 is 33.9 Å². The minimum absolute atomic E-state index is 0.0302. The minimum Gasteiger partial charge on any atom is -0.370 e. The molecule has 6 N–H and O–H groups in total. The summed E-state index contributed by atoms with van der Waals surface area (Å²) in [4.78, 5) is 48.0. The number of aliphatic imine (C=N–C) groups is 1. The Labute approximate surface area is 227 Å². The van der Waals surface area contributed by atoms with Crippen LogP contribution >= 0.6 is 27.3 Å². The van der Waals surface area contributed by atoms with E-state index >= 15 is 0 Å². The number of guanidine groups is 1. The molecule has 15 heteroatoms. The number of likely N-dealkylation sites (tertiary alicyclic amines) is 1. The average molecular weight is 615 g/mol. The Morgan fingerprint density at radius 3 is 2.65 bits per heavy atom. The second kappa shape index (κ2) is 13.1. The number of carbonyl (C=O) groups excluding carboxylic acids is 3. The first-order valence-corrected chi connectivity index (χ1v) is 14.6. The molecular weight excluding hydrogens is 586 g/mol. The topological polar surface area (TPSA) is 190 Å². The van der Waals surface area contributed by atoms with Crippen LogP contribution in [0.1, 0.15) is 35.5 Å². The minimum atomic E-state index is -3.93. The van der Waals surface area contributed by atoms with Crippen LogP contribution in [0.15, 0.2) is 50.2 Å². The van der Waals surface area contributed by atoms with Crippen LogP contribution in [0.5, 0.6) is 0 Å². The lowest BCUT2D eigenvalue weighted by molar-refractivity contribution is -0.139. The maximum absolute atomic E-state index is 13.0. The number of rotatable bonds is 12. The third kappa shape index (κ3) is 8.31. The Hall–Kier alpha value is -2.88. The van der Waals surface area contributed by atoms with Crippen molar-refractivity contribution in [1.29, 1.82) is 0 Å². The number of carbonyl (C=O) groups is 3. The zero-order chi connectivity index (χ0) is 27.0. The van der Waals surface area contributed by atoms with Crippen molar-refractivity contribution in [2.45, 2.75) is 42.7 Å². The lowest BCUT2D eigenvalue weighted by atomic mass is 10.1. The van der Waals surface area contributed by atoms with Gasteiger partial charge in [0.15, 0.2) is 11.0 Å². The van der Waals surface area contributed by atoms with Gasteiger partial charge in [0.25, 0.3) is 0 Å². The molecule has 2 atom stereocenters. The third-order valence-electron chi connectivity index (χ3n) is 5.53. The maximum atomic E-state index is 13.0. The fourth-order valence-electron chi connectivity index (χ4n) is 3.76. The monoisotopic (exact) mass is 613 g/mol. The van der Waals surface area contributed by atoms with Crippen molar-refractivity contribution in [2.24, 2.45) is 16.5 Å². The third-order valence-corrected chi connectivity index (χ3v) is 8.33. The molecule has 2 amide bonds. The highest BCUT2D eigenvalue weighted by molar-refractivity contribution is 9.10. The van der Waals surface area contributed by atoms with Crippen molar-refractivity contribution in [3.63, 3.8) is 0 Å². The Bertz CT molecular complexity index is 1230. The molecular formula is C22H28BrN7O5S2. The van der Waals surface area contributed by atoms with Gasteiger partial charge in [-0.1, -0.05) is 15.9 Å². The summed E-state index contributed by atoms with van der Waals surface area (Å²) in [6, 6.07) is 4.17. The summed E-state index contributed by atoms with van der Waals surface area (Å²) in [7, 11) is -3.93. The van der Waals surface area contributed by atoms with Gasteiger partial charge in [0, 0.05) is 29.1 Å². The van der Waals surface area contributed by atoms with Crippen LogP contribution in [-0.2, 0) is 19.6 Å². The molecule has 200 valence electrons. The van der Waals surface area contributed by atoms with Gasteiger partial charge in [0.05, 0.1) is 17.5 Å². The zero-order valence-electron chi connectivity index (χ0n) is 19.8. The Morgan fingerprint density at radius 2 is 2.00 bits per heavy atom. The molecule has 0 saturated carbocycles. The number of halogens is 1. The van der Waals surface area contributed by atoms with Crippen LogP contribution in [-0.4, -0.2) is 73.6 Å². The highest BCUT2D eigenvalue weighted by Crippen LogP contribution is 2.18. The number of sulfonamides is 1. The Kier molecular flexibility index (Phi) is 10.1. The fourth-order valence-corrected chi connectivity index (χ4v) is 5.87. The standard InChI is InChI=1S/C22H28BrN7O5S2/c23-14-5-7-15(8-6-14)37(34,35)29-17-4-2-11-30(21(17)33)13-18(31)28-16(3-1-9-27-22(24)25)19(32)20-26-10-12-36-20/h5-8,10,12,16-17,29H,1-4,9,11,13H2,(H,28,31)(H4,24,25,27)/t16-,17-/m0/s1. The van der Waals surface area contributed by atoms with E-state index in [1.165, 1.54) is 23.2 Å². The van der Waals surface area contributed by atoms with Gasteiger partial charge in [-0.05, 0) is 49.9 Å². The van der Waals surface area contributed by atoms with E-state index in [0.717, 1.165) is 15.8 Å². The van der Waals surface area contributed by atoms with Crippen molar-refractivity contribution in [3.05, 3.63) is 45.3 Å². The second-order valence-electron chi connectivity index (χ2n) is 8.30. The average Bonchev–Trinajstić information content (AvgIpc) is 3.38. The Morgan fingerprint density at radius 1 is 1.27 bits per heavy atom. The van der Waals surface area contributed by atoms with E-state index in [4.69, 9.17) is 11.5 Å². The molecule has 1 aliphatic heterocycles. The summed E-state index contributed by atoms with van der Waals surface area (Å²) < 4.78 is 28.7. The number of thiazole rings is 1. The lowest BCUT2D eigenvalue weighted by Crippen LogP contribution is -2.55. The van der Waals surface area contributed by atoms with Crippen LogP contribution in [0.25, 0.3) is 0 Å². The summed E-state index contributed by atoms with van der Waals surface area (Å²) >= 11 is 4.42. The second-order valence-corrected chi connectivity index (χ2v) is 11.8. The smallest absolute Gasteiger partial charge is 0.241 e. The lowest BCUT2D eigenvalue weighted by Gasteiger charge is -2.32. The maximum Gasteiger partial charge on any atom is 0.241 e. The van der Waals surface area contributed by atoms with Crippen molar-refractivity contribution < 1.29 is 22.8 Å². The Balaban J connectivity index is 1.63. The summed E-state index contributed by atoms with van der Waals surface area (Å²) in [6.07, 6.45) is 3.01. The van der Waals surface area contributed by atoms with E-state index in [2.05, 4.69) is 35.9 Å².